The molecule has 0 aromatic carbocycles. The predicted octanol–water partition coefficient (Wildman–Crippen LogP) is 1.99. The van der Waals surface area contributed by atoms with Crippen LogP contribution < -0.4 is 0 Å². The Kier molecular flexibility index (Phi) is 4.78. The Bertz CT molecular complexity index is 230. The normalized spacial score (nSPS) is 13.5. The lowest BCUT2D eigenvalue weighted by Gasteiger charge is -2.29. The van der Waals surface area contributed by atoms with Crippen molar-refractivity contribution in [2.45, 2.75) is 46.3 Å². The van der Waals surface area contributed by atoms with Crippen LogP contribution in [0.15, 0.2) is 0 Å². The molecule has 0 unspecified atom stereocenters. The van der Waals surface area contributed by atoms with Gasteiger partial charge in [0.05, 0.1) is 0 Å². The summed E-state index contributed by atoms with van der Waals surface area (Å²) in [6, 6.07) is -0.556. The lowest BCUT2D eigenvalue weighted by molar-refractivity contribution is 0.0236. The first-order valence-corrected chi connectivity index (χ1v) is 5.02. The summed E-state index contributed by atoms with van der Waals surface area (Å²) >= 11 is 0. The van der Waals surface area contributed by atoms with E-state index in [2.05, 4.69) is 0 Å². The minimum absolute atomic E-state index is 0.0278. The van der Waals surface area contributed by atoms with Crippen molar-refractivity contribution in [2.75, 3.05) is 7.05 Å². The van der Waals surface area contributed by atoms with Gasteiger partial charge in [0, 0.05) is 7.05 Å². The minimum atomic E-state index is -0.556. The van der Waals surface area contributed by atoms with Crippen molar-refractivity contribution in [3.63, 3.8) is 0 Å². The maximum Gasteiger partial charge on any atom is 0.410 e. The van der Waals surface area contributed by atoms with Gasteiger partial charge in [0.25, 0.3) is 0 Å². The van der Waals surface area contributed by atoms with Gasteiger partial charge in [-0.3, -0.25) is 4.79 Å². The number of amides is 1. The fourth-order valence-corrected chi connectivity index (χ4v) is 1.11. The van der Waals surface area contributed by atoms with Gasteiger partial charge >= 0.3 is 6.09 Å². The molecule has 0 N–H and O–H groups in total. The van der Waals surface area contributed by atoms with Crippen molar-refractivity contribution >= 4 is 12.4 Å². The van der Waals surface area contributed by atoms with Crippen LogP contribution in [0, 0.1) is 5.92 Å². The largest absolute Gasteiger partial charge is 0.444 e. The molecule has 0 bridgehead atoms. The molecular formula is C11H20NO3. The Balaban J connectivity index is 4.49. The number of hydrogen-bond donors (Lipinski definition) is 0. The Hall–Kier alpha value is -1.06. The third kappa shape index (κ3) is 4.81. The summed E-state index contributed by atoms with van der Waals surface area (Å²) in [7, 11) is 1.55. The smallest absolute Gasteiger partial charge is 0.410 e. The Morgan fingerprint density at radius 2 is 1.80 bits per heavy atom. The predicted molar refractivity (Wildman–Crippen MR) is 58.3 cm³/mol. The Morgan fingerprint density at radius 1 is 1.33 bits per heavy atom. The molecule has 0 aromatic rings. The second-order valence-electron chi connectivity index (χ2n) is 4.90. The zero-order valence-electron chi connectivity index (χ0n) is 10.3. The first kappa shape index (κ1) is 13.9. The maximum atomic E-state index is 11.6. The van der Waals surface area contributed by atoms with Crippen LogP contribution in [0.25, 0.3) is 0 Å². The van der Waals surface area contributed by atoms with E-state index in [1.807, 2.05) is 20.1 Å². The Labute approximate surface area is 91.6 Å². The SMILES string of the molecule is CC(C)[C@@H]([C]=O)N(C)C(=O)OC(C)(C)C. The maximum absolute atomic E-state index is 11.6. The first-order valence-electron chi connectivity index (χ1n) is 5.02. The summed E-state index contributed by atoms with van der Waals surface area (Å²) in [6.45, 7) is 9.07. The van der Waals surface area contributed by atoms with Gasteiger partial charge in [0.1, 0.15) is 11.6 Å². The molecule has 0 aliphatic heterocycles. The van der Waals surface area contributed by atoms with Crippen molar-refractivity contribution in [1.82, 2.24) is 4.90 Å². The zero-order chi connectivity index (χ0) is 12.2. The molecule has 0 spiro atoms. The van der Waals surface area contributed by atoms with Crippen molar-refractivity contribution in [3.05, 3.63) is 0 Å². The van der Waals surface area contributed by atoms with Crippen LogP contribution in [0.4, 0.5) is 4.79 Å². The van der Waals surface area contributed by atoms with Gasteiger partial charge in [-0.05, 0) is 26.7 Å². The number of rotatable bonds is 3. The van der Waals surface area contributed by atoms with E-state index < -0.39 is 17.7 Å². The second-order valence-corrected chi connectivity index (χ2v) is 4.90. The molecule has 1 atom stereocenters. The van der Waals surface area contributed by atoms with E-state index in [-0.39, 0.29) is 5.92 Å². The number of carbonyl (C=O) groups excluding carboxylic acids is 2. The highest BCUT2D eigenvalue weighted by Gasteiger charge is 2.27. The van der Waals surface area contributed by atoms with Gasteiger partial charge in [0.2, 0.25) is 6.29 Å². The quantitative estimate of drug-likeness (QED) is 0.721. The molecule has 0 rings (SSSR count). The van der Waals surface area contributed by atoms with Crippen LogP contribution in [0.5, 0.6) is 0 Å². The van der Waals surface area contributed by atoms with Gasteiger partial charge in [-0.15, -0.1) is 0 Å². The average Bonchev–Trinajstić information content (AvgIpc) is 2.01. The van der Waals surface area contributed by atoms with E-state index in [0.717, 1.165) is 0 Å². The minimum Gasteiger partial charge on any atom is -0.444 e. The highest BCUT2D eigenvalue weighted by Crippen LogP contribution is 2.13. The molecule has 4 heteroatoms. The molecule has 0 aliphatic rings. The van der Waals surface area contributed by atoms with Crippen LogP contribution >= 0.6 is 0 Å². The molecule has 0 aromatic heterocycles. The third-order valence-electron chi connectivity index (χ3n) is 1.85. The van der Waals surface area contributed by atoms with Crippen LogP contribution in [-0.2, 0) is 9.53 Å². The van der Waals surface area contributed by atoms with Gasteiger partial charge in [0.15, 0.2) is 0 Å². The monoisotopic (exact) mass is 214 g/mol. The van der Waals surface area contributed by atoms with Crippen LogP contribution in [0.3, 0.4) is 0 Å². The third-order valence-corrected chi connectivity index (χ3v) is 1.85. The molecular weight excluding hydrogens is 194 g/mol. The second kappa shape index (κ2) is 5.14. The van der Waals surface area contributed by atoms with E-state index in [0.29, 0.717) is 0 Å². The number of carbonyl (C=O) groups is 1. The molecule has 0 saturated heterocycles. The van der Waals surface area contributed by atoms with Crippen molar-refractivity contribution in [2.24, 2.45) is 5.92 Å². The van der Waals surface area contributed by atoms with Crippen LogP contribution in [-0.4, -0.2) is 36.0 Å². The molecule has 0 saturated carbocycles. The van der Waals surface area contributed by atoms with Gasteiger partial charge in [-0.2, -0.15) is 0 Å². The van der Waals surface area contributed by atoms with E-state index in [1.54, 1.807) is 27.8 Å². The number of nitrogens with zero attached hydrogens (tertiary/aromatic N) is 1. The van der Waals surface area contributed by atoms with E-state index in [4.69, 9.17) is 4.74 Å². The molecule has 0 fully saturated rings. The average molecular weight is 214 g/mol. The number of hydrogen-bond acceptors (Lipinski definition) is 3. The molecule has 1 amide bonds. The van der Waals surface area contributed by atoms with E-state index in [1.165, 1.54) is 4.90 Å². The van der Waals surface area contributed by atoms with E-state index in [9.17, 15) is 9.59 Å². The summed E-state index contributed by atoms with van der Waals surface area (Å²) < 4.78 is 5.14. The van der Waals surface area contributed by atoms with Crippen molar-refractivity contribution < 1.29 is 14.3 Å². The lowest BCUT2D eigenvalue weighted by Crippen LogP contribution is -2.44. The molecule has 0 heterocycles. The summed E-state index contributed by atoms with van der Waals surface area (Å²) in [5.41, 5.74) is -0.546. The number of ether oxygens (including phenoxy) is 1. The first-order chi connectivity index (χ1) is 6.69. The van der Waals surface area contributed by atoms with Gasteiger partial charge in [-0.25, -0.2) is 4.79 Å². The highest BCUT2D eigenvalue weighted by molar-refractivity contribution is 5.73. The molecule has 1 radical (unpaired) electrons. The lowest BCUT2D eigenvalue weighted by atomic mass is 10.1. The topological polar surface area (TPSA) is 46.6 Å². The van der Waals surface area contributed by atoms with E-state index >= 15 is 0 Å². The van der Waals surface area contributed by atoms with Crippen LogP contribution in [0.1, 0.15) is 34.6 Å². The fraction of sp³-hybridized carbons (Fsp3) is 0.818. The summed E-state index contributed by atoms with van der Waals surface area (Å²) in [5, 5.41) is 0. The number of likely N-dealkylation sites (N-methyl/N-ethyl adjacent to an activating group) is 1. The van der Waals surface area contributed by atoms with Crippen molar-refractivity contribution in [3.8, 4) is 0 Å². The zero-order valence-corrected chi connectivity index (χ0v) is 10.3. The molecule has 87 valence electrons. The fourth-order valence-electron chi connectivity index (χ4n) is 1.11. The van der Waals surface area contributed by atoms with Crippen LogP contribution in [0.2, 0.25) is 0 Å². The Morgan fingerprint density at radius 3 is 2.07 bits per heavy atom. The van der Waals surface area contributed by atoms with Crippen molar-refractivity contribution in [1.29, 1.82) is 0 Å². The summed E-state index contributed by atoms with van der Waals surface area (Å²) in [5.74, 6) is 0.0278. The van der Waals surface area contributed by atoms with Gasteiger partial charge in [-0.1, -0.05) is 13.8 Å². The standard InChI is InChI=1S/C11H20NO3/c1-8(2)9(7-13)12(6)10(14)15-11(3,4)5/h8-9H,1-6H3/t9-/m1/s1. The highest BCUT2D eigenvalue weighted by atomic mass is 16.6. The molecule has 15 heavy (non-hydrogen) atoms. The van der Waals surface area contributed by atoms with Gasteiger partial charge < -0.3 is 9.64 Å². The summed E-state index contributed by atoms with van der Waals surface area (Å²) in [4.78, 5) is 23.6. The molecule has 0 aliphatic carbocycles. The summed E-state index contributed by atoms with van der Waals surface area (Å²) in [6.07, 6.45) is 1.35. The molecule has 4 nitrogen and oxygen atoms in total.